The third-order valence-electron chi connectivity index (χ3n) is 2.33. The third kappa shape index (κ3) is 1.53. The molecule has 3 nitrogen and oxygen atoms in total. The first-order chi connectivity index (χ1) is 5.86. The number of hydrogen-bond acceptors (Lipinski definition) is 4. The summed E-state index contributed by atoms with van der Waals surface area (Å²) in [6.07, 6.45) is 5.99. The summed E-state index contributed by atoms with van der Waals surface area (Å²) in [6.45, 7) is 0. The van der Waals surface area contributed by atoms with Crippen molar-refractivity contribution < 1.29 is 4.79 Å². The molecular formula is C8H10N2OS. The fourth-order valence-electron chi connectivity index (χ4n) is 1.35. The Morgan fingerprint density at radius 2 is 2.50 bits per heavy atom. The van der Waals surface area contributed by atoms with Gasteiger partial charge in [0.1, 0.15) is 4.88 Å². The number of hydrogen-bond donors (Lipinski definition) is 0. The first-order valence-electron chi connectivity index (χ1n) is 4.17. The minimum Gasteiger partial charge on any atom is -0.293 e. The van der Waals surface area contributed by atoms with E-state index < -0.39 is 0 Å². The molecule has 0 unspecified atom stereocenters. The van der Waals surface area contributed by atoms with Crippen molar-refractivity contribution >= 4 is 17.3 Å². The van der Waals surface area contributed by atoms with E-state index in [1.165, 1.54) is 30.8 Å². The summed E-state index contributed by atoms with van der Waals surface area (Å²) in [5, 5.41) is 3.64. The van der Waals surface area contributed by atoms with Crippen LogP contribution in [0.4, 0.5) is 0 Å². The lowest BCUT2D eigenvalue weighted by atomic mass is 9.82. The maximum Gasteiger partial charge on any atom is 0.176 e. The molecule has 1 aliphatic rings. The molecule has 0 N–H and O–H groups in total. The minimum atomic E-state index is 0.217. The summed E-state index contributed by atoms with van der Waals surface area (Å²) in [5.74, 6) is 0.856. The number of carbonyl (C=O) groups excluding carboxylic acids is 1. The van der Waals surface area contributed by atoms with Gasteiger partial charge in [0.2, 0.25) is 0 Å². The predicted octanol–water partition coefficient (Wildman–Crippen LogP) is 1.91. The van der Waals surface area contributed by atoms with Crippen molar-refractivity contribution in [2.24, 2.45) is 5.92 Å². The van der Waals surface area contributed by atoms with E-state index in [1.54, 1.807) is 6.20 Å². The number of rotatable bonds is 3. The summed E-state index contributed by atoms with van der Waals surface area (Å²) in [4.78, 5) is 12.1. The molecular weight excluding hydrogens is 172 g/mol. The Morgan fingerprint density at radius 3 is 3.00 bits per heavy atom. The standard InChI is InChI=1S/C8H10N2OS/c11-7(4-6-2-1-3-6)8-5-9-10-12-8/h5-6H,1-4H2. The average Bonchev–Trinajstić information content (AvgIpc) is 2.47. The van der Waals surface area contributed by atoms with Gasteiger partial charge in [0.05, 0.1) is 6.20 Å². The van der Waals surface area contributed by atoms with Crippen LogP contribution in [0, 0.1) is 5.92 Å². The molecule has 0 radical (unpaired) electrons. The van der Waals surface area contributed by atoms with Gasteiger partial charge >= 0.3 is 0 Å². The SMILES string of the molecule is O=C(CC1CCC1)c1cnns1. The van der Waals surface area contributed by atoms with E-state index in [0.717, 1.165) is 0 Å². The lowest BCUT2D eigenvalue weighted by Gasteiger charge is -2.23. The van der Waals surface area contributed by atoms with Crippen LogP contribution in [0.3, 0.4) is 0 Å². The Kier molecular flexibility index (Phi) is 2.17. The van der Waals surface area contributed by atoms with Crippen LogP contribution in [0.15, 0.2) is 6.20 Å². The third-order valence-corrected chi connectivity index (χ3v) is 3.04. The van der Waals surface area contributed by atoms with Gasteiger partial charge in [-0.15, -0.1) is 5.10 Å². The molecule has 1 aromatic heterocycles. The van der Waals surface area contributed by atoms with Gasteiger partial charge in [-0.1, -0.05) is 23.8 Å². The topological polar surface area (TPSA) is 42.9 Å². The number of Topliss-reactive ketones (excluding diaryl/α,β-unsaturated/α-hetero) is 1. The molecule has 4 heteroatoms. The molecule has 1 saturated carbocycles. The van der Waals surface area contributed by atoms with Crippen LogP contribution in [0.2, 0.25) is 0 Å². The molecule has 0 spiro atoms. The van der Waals surface area contributed by atoms with Crippen LogP contribution in [-0.4, -0.2) is 15.4 Å². The van der Waals surface area contributed by atoms with E-state index in [2.05, 4.69) is 9.59 Å². The van der Waals surface area contributed by atoms with E-state index in [4.69, 9.17) is 0 Å². The molecule has 0 atom stereocenters. The molecule has 0 aliphatic heterocycles. The number of nitrogens with zero attached hydrogens (tertiary/aromatic N) is 2. The van der Waals surface area contributed by atoms with Crippen molar-refractivity contribution in [2.45, 2.75) is 25.7 Å². The molecule has 0 bridgehead atoms. The summed E-state index contributed by atoms with van der Waals surface area (Å²) in [5.41, 5.74) is 0. The van der Waals surface area contributed by atoms with E-state index in [0.29, 0.717) is 17.2 Å². The Hall–Kier alpha value is -0.770. The average molecular weight is 182 g/mol. The van der Waals surface area contributed by atoms with Crippen LogP contribution in [-0.2, 0) is 0 Å². The largest absolute Gasteiger partial charge is 0.293 e. The highest BCUT2D eigenvalue weighted by molar-refractivity contribution is 7.07. The molecule has 2 rings (SSSR count). The van der Waals surface area contributed by atoms with Crippen molar-refractivity contribution in [3.05, 3.63) is 11.1 Å². The quantitative estimate of drug-likeness (QED) is 0.670. The molecule has 1 aromatic rings. The van der Waals surface area contributed by atoms with Crippen LogP contribution in [0.25, 0.3) is 0 Å². The monoisotopic (exact) mass is 182 g/mol. The maximum absolute atomic E-state index is 11.4. The lowest BCUT2D eigenvalue weighted by molar-refractivity contribution is 0.0940. The second-order valence-corrected chi connectivity index (χ2v) is 3.99. The van der Waals surface area contributed by atoms with Gasteiger partial charge in [0.25, 0.3) is 0 Å². The summed E-state index contributed by atoms with van der Waals surface area (Å²) in [7, 11) is 0. The fraction of sp³-hybridized carbons (Fsp3) is 0.625. The van der Waals surface area contributed by atoms with Crippen molar-refractivity contribution in [1.82, 2.24) is 9.59 Å². The van der Waals surface area contributed by atoms with Crippen molar-refractivity contribution in [2.75, 3.05) is 0 Å². The first kappa shape index (κ1) is 7.86. The highest BCUT2D eigenvalue weighted by Gasteiger charge is 2.21. The summed E-state index contributed by atoms with van der Waals surface area (Å²) < 4.78 is 3.67. The van der Waals surface area contributed by atoms with E-state index >= 15 is 0 Å². The highest BCUT2D eigenvalue weighted by atomic mass is 32.1. The Balaban J connectivity index is 1.92. The smallest absolute Gasteiger partial charge is 0.176 e. The van der Waals surface area contributed by atoms with Gasteiger partial charge in [0, 0.05) is 6.42 Å². The highest BCUT2D eigenvalue weighted by Crippen LogP contribution is 2.30. The van der Waals surface area contributed by atoms with Crippen molar-refractivity contribution in [1.29, 1.82) is 0 Å². The Morgan fingerprint density at radius 1 is 1.67 bits per heavy atom. The molecule has 1 aliphatic carbocycles. The minimum absolute atomic E-state index is 0.217. The van der Waals surface area contributed by atoms with Crippen LogP contribution < -0.4 is 0 Å². The van der Waals surface area contributed by atoms with Crippen LogP contribution in [0.1, 0.15) is 35.4 Å². The van der Waals surface area contributed by atoms with E-state index in [1.807, 2.05) is 0 Å². The zero-order valence-corrected chi connectivity index (χ0v) is 7.51. The van der Waals surface area contributed by atoms with Gasteiger partial charge in [-0.2, -0.15) is 0 Å². The molecule has 1 heterocycles. The summed E-state index contributed by atoms with van der Waals surface area (Å²) >= 11 is 1.20. The van der Waals surface area contributed by atoms with E-state index in [-0.39, 0.29) is 5.78 Å². The molecule has 0 amide bonds. The van der Waals surface area contributed by atoms with Crippen molar-refractivity contribution in [3.63, 3.8) is 0 Å². The van der Waals surface area contributed by atoms with Gasteiger partial charge in [-0.25, -0.2) is 0 Å². The second kappa shape index (κ2) is 3.31. The molecule has 0 saturated heterocycles. The summed E-state index contributed by atoms with van der Waals surface area (Å²) in [6, 6.07) is 0. The van der Waals surface area contributed by atoms with Gasteiger partial charge < -0.3 is 0 Å². The van der Waals surface area contributed by atoms with E-state index in [9.17, 15) is 4.79 Å². The van der Waals surface area contributed by atoms with Crippen LogP contribution >= 0.6 is 11.5 Å². The number of aromatic nitrogens is 2. The number of carbonyl (C=O) groups is 1. The zero-order chi connectivity index (χ0) is 8.39. The van der Waals surface area contributed by atoms with Crippen LogP contribution in [0.5, 0.6) is 0 Å². The van der Waals surface area contributed by atoms with Crippen molar-refractivity contribution in [3.8, 4) is 0 Å². The van der Waals surface area contributed by atoms with Gasteiger partial charge in [-0.3, -0.25) is 4.79 Å². The predicted molar refractivity (Wildman–Crippen MR) is 46.2 cm³/mol. The normalized spacial score (nSPS) is 17.3. The second-order valence-electron chi connectivity index (χ2n) is 3.21. The number of ketones is 1. The van der Waals surface area contributed by atoms with Gasteiger partial charge in [-0.05, 0) is 17.5 Å². The molecule has 64 valence electrons. The molecule has 0 aromatic carbocycles. The Bertz CT molecular complexity index is 267. The molecule has 1 fully saturated rings. The first-order valence-corrected chi connectivity index (χ1v) is 4.94. The van der Waals surface area contributed by atoms with Gasteiger partial charge in [0.15, 0.2) is 5.78 Å². The molecule has 12 heavy (non-hydrogen) atoms. The fourth-order valence-corrected chi connectivity index (χ4v) is 1.81. The Labute approximate surface area is 75.0 Å². The maximum atomic E-state index is 11.4. The lowest BCUT2D eigenvalue weighted by Crippen LogP contribution is -2.15. The zero-order valence-electron chi connectivity index (χ0n) is 6.69.